The number of sulfonamides is 1. The molecule has 4 rings (SSSR count). The van der Waals surface area contributed by atoms with E-state index in [1.165, 1.54) is 42.7 Å². The lowest BCUT2D eigenvalue weighted by molar-refractivity contribution is -0.131. The Kier molecular flexibility index (Phi) is 6.03. The molecule has 9 nitrogen and oxygen atoms in total. The molecule has 2 N–H and O–H groups in total. The molecule has 166 valence electrons. The molecule has 1 amide bonds. The number of hydrazine groups is 1. The average molecular weight is 463 g/mol. The quantitative estimate of drug-likeness (QED) is 0.519. The Labute approximate surface area is 189 Å². The van der Waals surface area contributed by atoms with Crippen molar-refractivity contribution in [2.75, 3.05) is 0 Å². The van der Waals surface area contributed by atoms with Crippen LogP contribution < -0.4 is 4.83 Å². The van der Waals surface area contributed by atoms with Crippen LogP contribution in [0.5, 0.6) is 0 Å². The molecule has 0 saturated heterocycles. The third-order valence-corrected chi connectivity index (χ3v) is 5.85. The van der Waals surface area contributed by atoms with Crippen LogP contribution in [-0.4, -0.2) is 36.2 Å². The van der Waals surface area contributed by atoms with Crippen molar-refractivity contribution in [2.24, 2.45) is 4.99 Å². The second-order valence-electron chi connectivity index (χ2n) is 6.82. The molecule has 1 aliphatic rings. The van der Waals surface area contributed by atoms with Crippen LogP contribution in [0.2, 0.25) is 0 Å². The van der Waals surface area contributed by atoms with Crippen LogP contribution in [-0.2, 0) is 19.6 Å². The number of carbonyl (C=O) groups is 2. The van der Waals surface area contributed by atoms with Gasteiger partial charge in [0.2, 0.25) is 0 Å². The molecule has 0 atom stereocenters. The number of carboxylic acids is 1. The zero-order valence-corrected chi connectivity index (χ0v) is 17.8. The van der Waals surface area contributed by atoms with E-state index in [1.54, 1.807) is 42.5 Å². The molecule has 0 fully saturated rings. The minimum absolute atomic E-state index is 0.000610. The fourth-order valence-electron chi connectivity index (χ4n) is 2.99. The van der Waals surface area contributed by atoms with Gasteiger partial charge in [-0.1, -0.05) is 42.5 Å². The van der Waals surface area contributed by atoms with Gasteiger partial charge in [-0.2, -0.15) is 0 Å². The van der Waals surface area contributed by atoms with Gasteiger partial charge in [0.1, 0.15) is 11.5 Å². The van der Waals surface area contributed by atoms with E-state index in [2.05, 4.69) is 9.82 Å². The van der Waals surface area contributed by atoms with Crippen LogP contribution >= 0.6 is 0 Å². The molecule has 0 aliphatic carbocycles. The zero-order valence-electron chi connectivity index (χ0n) is 17.0. The van der Waals surface area contributed by atoms with Crippen LogP contribution in [0.1, 0.15) is 16.9 Å². The molecule has 1 aromatic heterocycles. The van der Waals surface area contributed by atoms with E-state index >= 15 is 0 Å². The van der Waals surface area contributed by atoms with Crippen LogP contribution in [0, 0.1) is 0 Å². The predicted octanol–water partition coefficient (Wildman–Crippen LogP) is 2.90. The molecule has 10 heteroatoms. The smallest absolute Gasteiger partial charge is 0.328 e. The molecule has 1 aliphatic heterocycles. The van der Waals surface area contributed by atoms with Crippen LogP contribution in [0.3, 0.4) is 0 Å². The summed E-state index contributed by atoms with van der Waals surface area (Å²) in [6.45, 7) is 0. The van der Waals surface area contributed by atoms with Gasteiger partial charge < -0.3 is 9.52 Å². The van der Waals surface area contributed by atoms with E-state index in [0.717, 1.165) is 11.1 Å². The highest BCUT2D eigenvalue weighted by Gasteiger charge is 2.35. The second kappa shape index (κ2) is 9.07. The number of aliphatic carboxylic acids is 1. The number of carbonyl (C=O) groups excluding carboxylic acids is 1. The molecule has 0 unspecified atom stereocenters. The van der Waals surface area contributed by atoms with E-state index in [1.807, 2.05) is 0 Å². The number of benzene rings is 2. The third-order valence-electron chi connectivity index (χ3n) is 4.53. The maximum absolute atomic E-state index is 13.0. The Morgan fingerprint density at radius 3 is 2.39 bits per heavy atom. The molecular formula is C23H17N3O6S. The predicted molar refractivity (Wildman–Crippen MR) is 120 cm³/mol. The average Bonchev–Trinajstić information content (AvgIpc) is 3.42. The summed E-state index contributed by atoms with van der Waals surface area (Å²) in [6.07, 6.45) is 5.15. The Morgan fingerprint density at radius 1 is 1.03 bits per heavy atom. The zero-order chi connectivity index (χ0) is 23.4. The highest BCUT2D eigenvalue weighted by Crippen LogP contribution is 2.22. The van der Waals surface area contributed by atoms with Gasteiger partial charge in [-0.3, -0.25) is 4.79 Å². The van der Waals surface area contributed by atoms with Gasteiger partial charge in [-0.25, -0.2) is 23.2 Å². The second-order valence-corrected chi connectivity index (χ2v) is 8.48. The molecule has 2 aromatic carbocycles. The largest absolute Gasteiger partial charge is 0.478 e. The standard InChI is InChI=1S/C23H17N3O6S/c27-21(28)13-10-16-8-11-19(12-9-16)33(30,31)25-26-22(17-5-2-1-3-6-17)24-20(23(26)29)15-18-7-4-14-32-18/h1-15,25H,(H,27,28)/b13-10+,20-15-. The molecule has 0 radical (unpaired) electrons. The van der Waals surface area contributed by atoms with E-state index in [9.17, 15) is 18.0 Å². The van der Waals surface area contributed by atoms with Crippen molar-refractivity contribution in [1.29, 1.82) is 0 Å². The lowest BCUT2D eigenvalue weighted by Crippen LogP contribution is -2.47. The summed E-state index contributed by atoms with van der Waals surface area (Å²) in [5.74, 6) is -1.28. The van der Waals surface area contributed by atoms with Crippen LogP contribution in [0.4, 0.5) is 0 Å². The summed E-state index contributed by atoms with van der Waals surface area (Å²) in [5, 5.41) is 9.58. The third kappa shape index (κ3) is 4.97. The van der Waals surface area contributed by atoms with Gasteiger partial charge in [0.15, 0.2) is 5.84 Å². The maximum Gasteiger partial charge on any atom is 0.328 e. The molecule has 33 heavy (non-hydrogen) atoms. The number of carboxylic acid groups (broad SMARTS) is 1. The van der Waals surface area contributed by atoms with Crippen LogP contribution in [0.25, 0.3) is 12.2 Å². The molecular weight excluding hydrogens is 446 g/mol. The van der Waals surface area contributed by atoms with Crippen molar-refractivity contribution in [3.8, 4) is 0 Å². The summed E-state index contributed by atoms with van der Waals surface area (Å²) in [6, 6.07) is 17.5. The first kappa shape index (κ1) is 21.9. The molecule has 0 saturated carbocycles. The normalized spacial score (nSPS) is 15.4. The van der Waals surface area contributed by atoms with E-state index in [0.29, 0.717) is 16.9 Å². The summed E-state index contributed by atoms with van der Waals surface area (Å²) in [4.78, 5) is 30.2. The molecule has 0 bridgehead atoms. The molecule has 2 heterocycles. The van der Waals surface area contributed by atoms with Crippen molar-refractivity contribution in [1.82, 2.24) is 9.84 Å². The topological polar surface area (TPSA) is 129 Å². The Bertz CT molecular complexity index is 1370. The lowest BCUT2D eigenvalue weighted by atomic mass is 10.2. The number of amides is 1. The minimum Gasteiger partial charge on any atom is -0.478 e. The van der Waals surface area contributed by atoms with Gasteiger partial charge in [0.25, 0.3) is 15.9 Å². The minimum atomic E-state index is -4.17. The van der Waals surface area contributed by atoms with Gasteiger partial charge in [0, 0.05) is 17.7 Å². The van der Waals surface area contributed by atoms with Crippen molar-refractivity contribution in [3.63, 3.8) is 0 Å². The maximum atomic E-state index is 13.0. The summed E-state index contributed by atoms with van der Waals surface area (Å²) >= 11 is 0. The number of nitrogens with one attached hydrogen (secondary N) is 1. The number of amidine groups is 1. The van der Waals surface area contributed by atoms with Crippen LogP contribution in [0.15, 0.2) is 99.1 Å². The molecule has 3 aromatic rings. The first-order valence-electron chi connectivity index (χ1n) is 9.61. The number of nitrogens with zero attached hydrogens (tertiary/aromatic N) is 2. The first-order valence-corrected chi connectivity index (χ1v) is 11.1. The van der Waals surface area contributed by atoms with Gasteiger partial charge >= 0.3 is 5.97 Å². The first-order chi connectivity index (χ1) is 15.8. The summed E-state index contributed by atoms with van der Waals surface area (Å²) in [5.41, 5.74) is 1.04. The van der Waals surface area contributed by atoms with Crippen molar-refractivity contribution in [2.45, 2.75) is 4.90 Å². The van der Waals surface area contributed by atoms with Gasteiger partial charge in [-0.15, -0.1) is 4.83 Å². The summed E-state index contributed by atoms with van der Waals surface area (Å²) in [7, 11) is -4.17. The fraction of sp³-hybridized carbons (Fsp3) is 0. The number of hydrogen-bond donors (Lipinski definition) is 2. The highest BCUT2D eigenvalue weighted by atomic mass is 32.2. The Morgan fingerprint density at radius 2 is 1.76 bits per heavy atom. The number of furan rings is 1. The number of aliphatic imine (C=N–C) groups is 1. The van der Waals surface area contributed by atoms with Crippen molar-refractivity contribution < 1.29 is 27.5 Å². The number of rotatable bonds is 7. The van der Waals surface area contributed by atoms with Gasteiger partial charge in [0.05, 0.1) is 11.2 Å². The van der Waals surface area contributed by atoms with E-state index < -0.39 is 21.9 Å². The Hall–Kier alpha value is -4.28. The molecule has 0 spiro atoms. The Balaban J connectivity index is 1.65. The summed E-state index contributed by atoms with van der Waals surface area (Å²) < 4.78 is 31.2. The SMILES string of the molecule is O=C(O)/C=C/c1ccc(S(=O)(=O)NN2C(=O)/C(=C/c3ccco3)N=C2c2ccccc2)cc1. The van der Waals surface area contributed by atoms with E-state index in [4.69, 9.17) is 9.52 Å². The van der Waals surface area contributed by atoms with Crippen molar-refractivity contribution in [3.05, 3.63) is 102 Å². The number of hydrogen-bond acceptors (Lipinski definition) is 6. The van der Waals surface area contributed by atoms with E-state index in [-0.39, 0.29) is 16.4 Å². The lowest BCUT2D eigenvalue weighted by Gasteiger charge is -2.19. The monoisotopic (exact) mass is 463 g/mol. The highest BCUT2D eigenvalue weighted by molar-refractivity contribution is 7.89. The van der Waals surface area contributed by atoms with Gasteiger partial charge in [-0.05, 0) is 35.9 Å². The van der Waals surface area contributed by atoms with Crippen molar-refractivity contribution >= 4 is 39.9 Å². The fourth-order valence-corrected chi connectivity index (χ4v) is 4.00.